The summed E-state index contributed by atoms with van der Waals surface area (Å²) in [6, 6.07) is 6.24. The molecular formula is C14H22N2. The number of aromatic nitrogens is 1. The fraction of sp³-hybridized carbons (Fsp3) is 0.643. The van der Waals surface area contributed by atoms with Crippen LogP contribution in [0.25, 0.3) is 0 Å². The maximum atomic E-state index is 4.41. The Balaban J connectivity index is 1.77. The van der Waals surface area contributed by atoms with E-state index in [-0.39, 0.29) is 0 Å². The lowest BCUT2D eigenvalue weighted by molar-refractivity contribution is 0.184. The van der Waals surface area contributed by atoms with E-state index in [1.807, 2.05) is 12.3 Å². The molecule has 1 aliphatic heterocycles. The highest BCUT2D eigenvalue weighted by Crippen LogP contribution is 2.20. The van der Waals surface area contributed by atoms with Gasteiger partial charge in [0.2, 0.25) is 0 Å². The molecule has 88 valence electrons. The Kier molecular flexibility index (Phi) is 4.34. The highest BCUT2D eigenvalue weighted by atomic mass is 15.1. The number of piperidine rings is 1. The number of likely N-dealkylation sites (tertiary alicyclic amines) is 1. The molecule has 0 amide bonds. The van der Waals surface area contributed by atoms with Crippen molar-refractivity contribution in [1.82, 2.24) is 9.88 Å². The first-order valence-electron chi connectivity index (χ1n) is 6.50. The van der Waals surface area contributed by atoms with Crippen LogP contribution < -0.4 is 0 Å². The largest absolute Gasteiger partial charge is 0.303 e. The van der Waals surface area contributed by atoms with E-state index in [9.17, 15) is 0 Å². The topological polar surface area (TPSA) is 16.1 Å². The van der Waals surface area contributed by atoms with Gasteiger partial charge in [-0.25, -0.2) is 0 Å². The lowest BCUT2D eigenvalue weighted by Gasteiger charge is -2.31. The van der Waals surface area contributed by atoms with Crippen molar-refractivity contribution in [2.24, 2.45) is 5.92 Å². The Hall–Kier alpha value is -0.890. The van der Waals surface area contributed by atoms with E-state index < -0.39 is 0 Å². The van der Waals surface area contributed by atoms with Crippen molar-refractivity contribution >= 4 is 0 Å². The maximum Gasteiger partial charge on any atom is 0.0406 e. The van der Waals surface area contributed by atoms with Crippen LogP contribution in [0.4, 0.5) is 0 Å². The van der Waals surface area contributed by atoms with Gasteiger partial charge in [0.25, 0.3) is 0 Å². The molecular weight excluding hydrogens is 196 g/mol. The highest BCUT2D eigenvalue weighted by Gasteiger charge is 2.18. The number of pyridine rings is 1. The zero-order chi connectivity index (χ0) is 11.2. The molecule has 1 aromatic heterocycles. The quantitative estimate of drug-likeness (QED) is 0.772. The summed E-state index contributed by atoms with van der Waals surface area (Å²) in [4.78, 5) is 7.01. The average molecular weight is 218 g/mol. The van der Waals surface area contributed by atoms with Gasteiger partial charge in [-0.3, -0.25) is 4.98 Å². The summed E-state index contributed by atoms with van der Waals surface area (Å²) < 4.78 is 0. The first kappa shape index (κ1) is 11.6. The zero-order valence-electron chi connectivity index (χ0n) is 10.2. The average Bonchev–Trinajstić information content (AvgIpc) is 2.33. The minimum atomic E-state index is 0.850. The molecule has 1 saturated heterocycles. The van der Waals surface area contributed by atoms with Gasteiger partial charge in [0.05, 0.1) is 0 Å². The molecule has 2 heterocycles. The van der Waals surface area contributed by atoms with Gasteiger partial charge >= 0.3 is 0 Å². The molecule has 1 fully saturated rings. The van der Waals surface area contributed by atoms with Gasteiger partial charge in [-0.2, -0.15) is 0 Å². The molecule has 0 aromatic carbocycles. The molecule has 0 saturated carbocycles. The van der Waals surface area contributed by atoms with Gasteiger partial charge in [-0.1, -0.05) is 13.0 Å². The van der Waals surface area contributed by atoms with Gasteiger partial charge in [0.1, 0.15) is 0 Å². The number of hydrogen-bond acceptors (Lipinski definition) is 2. The van der Waals surface area contributed by atoms with Crippen LogP contribution in [0.1, 0.15) is 31.9 Å². The summed E-state index contributed by atoms with van der Waals surface area (Å²) in [6.45, 7) is 6.10. The third-order valence-corrected chi connectivity index (χ3v) is 3.47. The lowest BCUT2D eigenvalue weighted by atomic mass is 9.92. The molecule has 0 spiro atoms. The van der Waals surface area contributed by atoms with E-state index in [1.165, 1.54) is 51.0 Å². The van der Waals surface area contributed by atoms with Crippen LogP contribution in [0.3, 0.4) is 0 Å². The van der Waals surface area contributed by atoms with Gasteiger partial charge in [-0.15, -0.1) is 0 Å². The smallest absolute Gasteiger partial charge is 0.0406 e. The van der Waals surface area contributed by atoms with E-state index in [0.717, 1.165) is 5.92 Å². The second kappa shape index (κ2) is 6.00. The van der Waals surface area contributed by atoms with Crippen molar-refractivity contribution in [1.29, 1.82) is 0 Å². The van der Waals surface area contributed by atoms with E-state index in [2.05, 4.69) is 28.9 Å². The predicted octanol–water partition coefficient (Wildman–Crippen LogP) is 2.75. The van der Waals surface area contributed by atoms with Crippen molar-refractivity contribution in [3.8, 4) is 0 Å². The van der Waals surface area contributed by atoms with Gasteiger partial charge < -0.3 is 4.90 Å². The molecule has 0 radical (unpaired) electrons. The van der Waals surface area contributed by atoms with Crippen molar-refractivity contribution in [3.05, 3.63) is 30.1 Å². The third kappa shape index (κ3) is 3.31. The fourth-order valence-corrected chi connectivity index (χ4v) is 2.55. The normalized spacial score (nSPS) is 18.8. The summed E-state index contributed by atoms with van der Waals surface area (Å²) in [5.41, 5.74) is 1.26. The van der Waals surface area contributed by atoms with Crippen LogP contribution in [0.5, 0.6) is 0 Å². The van der Waals surface area contributed by atoms with Gasteiger partial charge in [0, 0.05) is 11.9 Å². The monoisotopic (exact) mass is 218 g/mol. The third-order valence-electron chi connectivity index (χ3n) is 3.47. The molecule has 0 aliphatic carbocycles. The molecule has 0 bridgehead atoms. The second-order valence-electron chi connectivity index (χ2n) is 4.81. The van der Waals surface area contributed by atoms with E-state index in [1.54, 1.807) is 0 Å². The van der Waals surface area contributed by atoms with Crippen molar-refractivity contribution < 1.29 is 0 Å². The minimum Gasteiger partial charge on any atom is -0.303 e. The predicted molar refractivity (Wildman–Crippen MR) is 67.4 cm³/mol. The number of nitrogens with zero attached hydrogens (tertiary/aromatic N) is 2. The maximum absolute atomic E-state index is 4.41. The van der Waals surface area contributed by atoms with Crippen molar-refractivity contribution in [2.45, 2.75) is 32.6 Å². The highest BCUT2D eigenvalue weighted by molar-refractivity contribution is 5.04. The Bertz CT molecular complexity index is 289. The summed E-state index contributed by atoms with van der Waals surface area (Å²) in [7, 11) is 0. The van der Waals surface area contributed by atoms with Crippen LogP contribution in [0, 0.1) is 5.92 Å². The first-order chi connectivity index (χ1) is 7.88. The summed E-state index contributed by atoms with van der Waals surface area (Å²) in [5.74, 6) is 0.850. The van der Waals surface area contributed by atoms with E-state index >= 15 is 0 Å². The fourth-order valence-electron chi connectivity index (χ4n) is 2.55. The molecule has 0 unspecified atom stereocenters. The SMILES string of the molecule is CCCN1CCC(Cc2ccccn2)CC1. The molecule has 1 aliphatic rings. The van der Waals surface area contributed by atoms with Crippen LogP contribution in [0.15, 0.2) is 24.4 Å². The Morgan fingerprint density at radius 3 is 2.75 bits per heavy atom. The van der Waals surface area contributed by atoms with Crippen LogP contribution >= 0.6 is 0 Å². The Labute approximate surface area is 98.7 Å². The first-order valence-corrected chi connectivity index (χ1v) is 6.50. The second-order valence-corrected chi connectivity index (χ2v) is 4.81. The number of rotatable bonds is 4. The molecule has 16 heavy (non-hydrogen) atoms. The van der Waals surface area contributed by atoms with Crippen LogP contribution in [-0.4, -0.2) is 29.5 Å². The van der Waals surface area contributed by atoms with E-state index in [4.69, 9.17) is 0 Å². The lowest BCUT2D eigenvalue weighted by Crippen LogP contribution is -2.34. The van der Waals surface area contributed by atoms with Crippen molar-refractivity contribution in [2.75, 3.05) is 19.6 Å². The molecule has 2 rings (SSSR count). The van der Waals surface area contributed by atoms with E-state index in [0.29, 0.717) is 0 Å². The molecule has 2 nitrogen and oxygen atoms in total. The van der Waals surface area contributed by atoms with Crippen LogP contribution in [-0.2, 0) is 6.42 Å². The van der Waals surface area contributed by atoms with Crippen molar-refractivity contribution in [3.63, 3.8) is 0 Å². The Morgan fingerprint density at radius 2 is 2.12 bits per heavy atom. The molecule has 0 N–H and O–H groups in total. The minimum absolute atomic E-state index is 0.850. The van der Waals surface area contributed by atoms with Crippen LogP contribution in [0.2, 0.25) is 0 Å². The molecule has 0 atom stereocenters. The summed E-state index contributed by atoms with van der Waals surface area (Å²) >= 11 is 0. The summed E-state index contributed by atoms with van der Waals surface area (Å²) in [6.07, 6.45) is 7.04. The standard InChI is InChI=1S/C14H22N2/c1-2-9-16-10-6-13(7-11-16)12-14-5-3-4-8-15-14/h3-5,8,13H,2,6-7,9-12H2,1H3. The molecule has 2 heteroatoms. The Morgan fingerprint density at radius 1 is 1.31 bits per heavy atom. The molecule has 1 aromatic rings. The van der Waals surface area contributed by atoms with Gasteiger partial charge in [0.15, 0.2) is 0 Å². The number of hydrogen-bond donors (Lipinski definition) is 0. The van der Waals surface area contributed by atoms with Gasteiger partial charge in [-0.05, 0) is 63.4 Å². The summed E-state index contributed by atoms with van der Waals surface area (Å²) in [5, 5.41) is 0. The zero-order valence-corrected chi connectivity index (χ0v) is 10.2.